The van der Waals surface area contributed by atoms with Crippen molar-refractivity contribution in [1.82, 2.24) is 14.8 Å². The molecule has 3 aromatic rings. The van der Waals surface area contributed by atoms with Crippen LogP contribution in [0.25, 0.3) is 22.8 Å². The van der Waals surface area contributed by atoms with Gasteiger partial charge in [-0.15, -0.1) is 6.58 Å². The lowest BCUT2D eigenvalue weighted by atomic mass is 10.1. The Morgan fingerprint density at radius 3 is 2.62 bits per heavy atom. The third kappa shape index (κ3) is 3.10. The number of methoxy groups -OCH3 is 1. The third-order valence-electron chi connectivity index (χ3n) is 3.60. The number of allylic oxidation sites excluding steroid dienone is 1. The summed E-state index contributed by atoms with van der Waals surface area (Å²) < 4.78 is 6.95. The highest BCUT2D eigenvalue weighted by atomic mass is 16.5. The van der Waals surface area contributed by atoms with Gasteiger partial charge in [0, 0.05) is 16.7 Å². The zero-order valence-electron chi connectivity index (χ0n) is 13.3. The van der Waals surface area contributed by atoms with Crippen molar-refractivity contribution >= 4 is 6.29 Å². The first-order valence-corrected chi connectivity index (χ1v) is 7.51. The Morgan fingerprint density at radius 1 is 1.17 bits per heavy atom. The van der Waals surface area contributed by atoms with Gasteiger partial charge in [-0.1, -0.05) is 24.3 Å². The highest BCUT2D eigenvalue weighted by Gasteiger charge is 2.13. The van der Waals surface area contributed by atoms with E-state index in [4.69, 9.17) is 4.74 Å². The van der Waals surface area contributed by atoms with Gasteiger partial charge in [-0.05, 0) is 30.3 Å². The summed E-state index contributed by atoms with van der Waals surface area (Å²) in [6.45, 7) is 4.30. The molecule has 0 saturated heterocycles. The number of hydrogen-bond acceptors (Lipinski definition) is 4. The molecule has 5 heteroatoms. The SMILES string of the molecule is C=CCn1nc(-c2ccc(OC)cc2)nc1-c1cccc(C=O)c1. The highest BCUT2D eigenvalue weighted by molar-refractivity contribution is 5.78. The van der Waals surface area contributed by atoms with Crippen molar-refractivity contribution in [3.05, 3.63) is 66.7 Å². The van der Waals surface area contributed by atoms with Crippen molar-refractivity contribution in [2.45, 2.75) is 6.54 Å². The molecule has 120 valence electrons. The first-order chi connectivity index (χ1) is 11.7. The molecule has 0 spiro atoms. The molecule has 3 rings (SSSR count). The van der Waals surface area contributed by atoms with Crippen molar-refractivity contribution < 1.29 is 9.53 Å². The lowest BCUT2D eigenvalue weighted by Gasteiger charge is -2.03. The van der Waals surface area contributed by atoms with Crippen LogP contribution in [0.15, 0.2) is 61.2 Å². The quantitative estimate of drug-likeness (QED) is 0.514. The van der Waals surface area contributed by atoms with Gasteiger partial charge in [-0.25, -0.2) is 9.67 Å². The Morgan fingerprint density at radius 2 is 1.96 bits per heavy atom. The van der Waals surface area contributed by atoms with Gasteiger partial charge in [0.2, 0.25) is 0 Å². The maximum absolute atomic E-state index is 11.0. The Kier molecular flexibility index (Phi) is 4.52. The number of aldehydes is 1. The van der Waals surface area contributed by atoms with E-state index < -0.39 is 0 Å². The van der Waals surface area contributed by atoms with Gasteiger partial charge >= 0.3 is 0 Å². The molecule has 24 heavy (non-hydrogen) atoms. The number of ether oxygens (including phenoxy) is 1. The summed E-state index contributed by atoms with van der Waals surface area (Å²) in [4.78, 5) is 15.7. The monoisotopic (exact) mass is 319 g/mol. The van der Waals surface area contributed by atoms with Crippen LogP contribution in [0.4, 0.5) is 0 Å². The van der Waals surface area contributed by atoms with E-state index in [1.54, 1.807) is 30.0 Å². The minimum absolute atomic E-state index is 0.532. The normalized spacial score (nSPS) is 10.4. The molecule has 0 fully saturated rings. The van der Waals surface area contributed by atoms with Crippen molar-refractivity contribution in [3.8, 4) is 28.5 Å². The predicted octanol–water partition coefficient (Wildman–Crippen LogP) is 3.62. The Hall–Kier alpha value is -3.21. The summed E-state index contributed by atoms with van der Waals surface area (Å²) in [5, 5.41) is 4.56. The Labute approximate surface area is 140 Å². The minimum Gasteiger partial charge on any atom is -0.497 e. The van der Waals surface area contributed by atoms with Crippen molar-refractivity contribution in [2.24, 2.45) is 0 Å². The molecule has 0 aliphatic heterocycles. The first kappa shape index (κ1) is 15.7. The van der Waals surface area contributed by atoms with Gasteiger partial charge in [0.25, 0.3) is 0 Å². The molecule has 1 heterocycles. The van der Waals surface area contributed by atoms with Gasteiger partial charge in [-0.2, -0.15) is 5.10 Å². The van der Waals surface area contributed by atoms with Gasteiger partial charge in [-0.3, -0.25) is 4.79 Å². The molecule has 1 aromatic heterocycles. The van der Waals surface area contributed by atoms with E-state index in [1.165, 1.54) is 0 Å². The summed E-state index contributed by atoms with van der Waals surface area (Å²) in [5.74, 6) is 2.10. The largest absolute Gasteiger partial charge is 0.497 e. The topological polar surface area (TPSA) is 57.0 Å². The molecule has 2 aromatic carbocycles. The number of hydrogen-bond donors (Lipinski definition) is 0. The van der Waals surface area contributed by atoms with Crippen molar-refractivity contribution in [1.29, 1.82) is 0 Å². The molecule has 0 N–H and O–H groups in total. The maximum Gasteiger partial charge on any atom is 0.181 e. The smallest absolute Gasteiger partial charge is 0.181 e. The second kappa shape index (κ2) is 6.91. The molecular weight excluding hydrogens is 302 g/mol. The summed E-state index contributed by atoms with van der Waals surface area (Å²) in [6.07, 6.45) is 2.58. The second-order valence-electron chi connectivity index (χ2n) is 5.20. The Bertz CT molecular complexity index is 867. The highest BCUT2D eigenvalue weighted by Crippen LogP contribution is 2.24. The van der Waals surface area contributed by atoms with Crippen LogP contribution < -0.4 is 4.74 Å². The number of carbonyl (C=O) groups is 1. The van der Waals surface area contributed by atoms with Crippen LogP contribution in [-0.2, 0) is 6.54 Å². The number of aromatic nitrogens is 3. The molecule has 0 amide bonds. The number of benzene rings is 2. The lowest BCUT2D eigenvalue weighted by Crippen LogP contribution is -2.00. The van der Waals surface area contributed by atoms with Crippen LogP contribution in [0.2, 0.25) is 0 Å². The average Bonchev–Trinajstić information content (AvgIpc) is 3.06. The average molecular weight is 319 g/mol. The zero-order valence-corrected chi connectivity index (χ0v) is 13.3. The molecule has 0 unspecified atom stereocenters. The molecule has 0 aliphatic rings. The van der Waals surface area contributed by atoms with Crippen LogP contribution in [0.5, 0.6) is 5.75 Å². The fourth-order valence-electron chi connectivity index (χ4n) is 2.42. The molecule has 0 saturated carbocycles. The number of carbonyl (C=O) groups excluding carboxylic acids is 1. The van der Waals surface area contributed by atoms with Gasteiger partial charge in [0.15, 0.2) is 11.6 Å². The first-order valence-electron chi connectivity index (χ1n) is 7.51. The van der Waals surface area contributed by atoms with Crippen molar-refractivity contribution in [3.63, 3.8) is 0 Å². The van der Waals surface area contributed by atoms with E-state index in [0.717, 1.165) is 23.2 Å². The third-order valence-corrected chi connectivity index (χ3v) is 3.60. The van der Waals surface area contributed by atoms with Gasteiger partial charge < -0.3 is 4.74 Å². The summed E-state index contributed by atoms with van der Waals surface area (Å²) in [6, 6.07) is 14.9. The standard InChI is InChI=1S/C19H17N3O2/c1-3-11-22-19(16-6-4-5-14(12-16)13-23)20-18(21-22)15-7-9-17(24-2)10-8-15/h3-10,12-13H,1,11H2,2H3. The summed E-state index contributed by atoms with van der Waals surface area (Å²) in [7, 11) is 1.63. The predicted molar refractivity (Wildman–Crippen MR) is 93.0 cm³/mol. The molecule has 0 radical (unpaired) electrons. The number of rotatable bonds is 6. The van der Waals surface area contributed by atoms with Crippen LogP contribution in [0.1, 0.15) is 10.4 Å². The summed E-state index contributed by atoms with van der Waals surface area (Å²) in [5.41, 5.74) is 2.34. The molecule has 0 bridgehead atoms. The lowest BCUT2D eigenvalue weighted by molar-refractivity contribution is 0.112. The van der Waals surface area contributed by atoms with Gasteiger partial charge in [0.1, 0.15) is 12.0 Å². The molecular formula is C19H17N3O2. The van der Waals surface area contributed by atoms with E-state index in [9.17, 15) is 4.79 Å². The van der Waals surface area contributed by atoms with E-state index in [1.807, 2.05) is 36.4 Å². The van der Waals surface area contributed by atoms with Crippen LogP contribution in [0, 0.1) is 0 Å². The van der Waals surface area contributed by atoms with E-state index >= 15 is 0 Å². The van der Waals surface area contributed by atoms with Crippen LogP contribution in [0.3, 0.4) is 0 Å². The zero-order chi connectivity index (χ0) is 16.9. The minimum atomic E-state index is 0.532. The summed E-state index contributed by atoms with van der Waals surface area (Å²) >= 11 is 0. The van der Waals surface area contributed by atoms with Crippen LogP contribution >= 0.6 is 0 Å². The van der Waals surface area contributed by atoms with E-state index in [2.05, 4.69) is 16.7 Å². The van der Waals surface area contributed by atoms with Gasteiger partial charge in [0.05, 0.1) is 13.7 Å². The maximum atomic E-state index is 11.0. The Balaban J connectivity index is 2.06. The van der Waals surface area contributed by atoms with Crippen molar-refractivity contribution in [2.75, 3.05) is 7.11 Å². The van der Waals surface area contributed by atoms with Crippen LogP contribution in [-0.4, -0.2) is 28.2 Å². The van der Waals surface area contributed by atoms with E-state index in [-0.39, 0.29) is 0 Å². The second-order valence-corrected chi connectivity index (χ2v) is 5.20. The van der Waals surface area contributed by atoms with E-state index in [0.29, 0.717) is 23.8 Å². The molecule has 0 aliphatic carbocycles. The fraction of sp³-hybridized carbons (Fsp3) is 0.105. The molecule has 0 atom stereocenters. The molecule has 5 nitrogen and oxygen atoms in total. The fourth-order valence-corrected chi connectivity index (χ4v) is 2.42. The number of nitrogens with zero attached hydrogens (tertiary/aromatic N) is 3.